The second-order valence-corrected chi connectivity index (χ2v) is 7.40. The Morgan fingerprint density at radius 1 is 1.12 bits per heavy atom. The first-order valence-corrected chi connectivity index (χ1v) is 8.88. The zero-order valence-corrected chi connectivity index (χ0v) is 15.9. The normalized spacial score (nSPS) is 11.3. The summed E-state index contributed by atoms with van der Waals surface area (Å²) in [6, 6.07) is 7.35. The molecule has 0 saturated carbocycles. The summed E-state index contributed by atoms with van der Waals surface area (Å²) in [4.78, 5) is 29.4. The number of benzene rings is 1. The van der Waals surface area contributed by atoms with Crippen molar-refractivity contribution in [2.75, 3.05) is 19.7 Å². The third-order valence-corrected chi connectivity index (χ3v) is 4.09. The topological polar surface area (TPSA) is 62.4 Å². The average molecular weight is 365 g/mol. The number of nitrogens with one attached hydrogen (secondary N) is 1. The van der Waals surface area contributed by atoms with E-state index in [0.717, 1.165) is 10.9 Å². The van der Waals surface area contributed by atoms with Crippen molar-refractivity contribution in [3.63, 3.8) is 0 Å². The fourth-order valence-corrected chi connectivity index (χ4v) is 2.99. The summed E-state index contributed by atoms with van der Waals surface area (Å²) in [6.07, 6.45) is 0. The molecule has 1 heterocycles. The molecule has 2 aromatic rings. The Balaban J connectivity index is 2.04. The van der Waals surface area contributed by atoms with Crippen molar-refractivity contribution in [1.82, 2.24) is 9.88 Å². The van der Waals surface area contributed by atoms with Crippen molar-refractivity contribution < 1.29 is 14.3 Å². The van der Waals surface area contributed by atoms with Crippen molar-refractivity contribution in [3.8, 4) is 0 Å². The molecule has 6 heteroatoms. The van der Waals surface area contributed by atoms with E-state index in [4.69, 9.17) is 16.3 Å². The fourth-order valence-electron chi connectivity index (χ4n) is 2.70. The van der Waals surface area contributed by atoms with E-state index in [-0.39, 0.29) is 18.2 Å². The SMILES string of the molecule is CC(C)CN(CC(C)C)C(=O)COC(=O)c1[nH]c2ccccc2c1Cl. The van der Waals surface area contributed by atoms with E-state index in [1.54, 1.807) is 4.90 Å². The number of rotatable bonds is 7. The van der Waals surface area contributed by atoms with E-state index in [1.165, 1.54) is 0 Å². The van der Waals surface area contributed by atoms with Crippen LogP contribution in [-0.4, -0.2) is 41.5 Å². The monoisotopic (exact) mass is 364 g/mol. The molecule has 0 aliphatic rings. The Morgan fingerprint density at radius 2 is 1.72 bits per heavy atom. The number of hydrogen-bond donors (Lipinski definition) is 1. The highest BCUT2D eigenvalue weighted by atomic mass is 35.5. The van der Waals surface area contributed by atoms with Gasteiger partial charge in [-0.05, 0) is 17.9 Å². The predicted octanol–water partition coefficient (Wildman–Crippen LogP) is 4.12. The van der Waals surface area contributed by atoms with Gasteiger partial charge >= 0.3 is 5.97 Å². The molecule has 0 unspecified atom stereocenters. The molecular formula is C19H25ClN2O3. The number of esters is 1. The van der Waals surface area contributed by atoms with E-state index in [2.05, 4.69) is 32.7 Å². The average Bonchev–Trinajstić information content (AvgIpc) is 2.88. The number of hydrogen-bond acceptors (Lipinski definition) is 3. The van der Waals surface area contributed by atoms with Gasteiger partial charge in [-0.25, -0.2) is 4.79 Å². The zero-order valence-electron chi connectivity index (χ0n) is 15.1. The minimum absolute atomic E-state index is 0.176. The lowest BCUT2D eigenvalue weighted by Gasteiger charge is -2.26. The van der Waals surface area contributed by atoms with Crippen LogP contribution in [-0.2, 0) is 9.53 Å². The van der Waals surface area contributed by atoms with Crippen molar-refractivity contribution in [3.05, 3.63) is 35.0 Å². The van der Waals surface area contributed by atoms with E-state index in [0.29, 0.717) is 29.9 Å². The molecule has 136 valence electrons. The summed E-state index contributed by atoms with van der Waals surface area (Å²) in [5.41, 5.74) is 0.932. The molecule has 0 radical (unpaired) electrons. The minimum Gasteiger partial charge on any atom is -0.451 e. The Morgan fingerprint density at radius 3 is 2.28 bits per heavy atom. The smallest absolute Gasteiger partial charge is 0.356 e. The van der Waals surface area contributed by atoms with Crippen molar-refractivity contribution in [2.24, 2.45) is 11.8 Å². The van der Waals surface area contributed by atoms with Gasteiger partial charge in [0.1, 0.15) is 5.69 Å². The number of amides is 1. The molecular weight excluding hydrogens is 340 g/mol. The van der Waals surface area contributed by atoms with Crippen LogP contribution < -0.4 is 0 Å². The highest BCUT2D eigenvalue weighted by Gasteiger charge is 2.21. The van der Waals surface area contributed by atoms with Gasteiger partial charge in [0.2, 0.25) is 0 Å². The molecule has 0 fully saturated rings. The first kappa shape index (κ1) is 19.3. The van der Waals surface area contributed by atoms with Crippen LogP contribution >= 0.6 is 11.6 Å². The van der Waals surface area contributed by atoms with Crippen LogP contribution in [0.4, 0.5) is 0 Å². The lowest BCUT2D eigenvalue weighted by molar-refractivity contribution is -0.135. The van der Waals surface area contributed by atoms with E-state index >= 15 is 0 Å². The van der Waals surface area contributed by atoms with Crippen LogP contribution in [0.1, 0.15) is 38.2 Å². The molecule has 1 N–H and O–H groups in total. The van der Waals surface area contributed by atoms with Crippen molar-refractivity contribution in [2.45, 2.75) is 27.7 Å². The molecule has 0 saturated heterocycles. The standard InChI is InChI=1S/C19H25ClN2O3/c1-12(2)9-22(10-13(3)4)16(23)11-25-19(24)18-17(20)14-7-5-6-8-15(14)21-18/h5-8,12-13,21H,9-11H2,1-4H3. The van der Waals surface area contributed by atoms with Gasteiger partial charge in [-0.1, -0.05) is 57.5 Å². The molecule has 5 nitrogen and oxygen atoms in total. The molecule has 1 aromatic heterocycles. The largest absolute Gasteiger partial charge is 0.451 e. The molecule has 1 amide bonds. The van der Waals surface area contributed by atoms with Gasteiger partial charge < -0.3 is 14.6 Å². The number of carbonyl (C=O) groups is 2. The van der Waals surface area contributed by atoms with E-state index in [1.807, 2.05) is 24.3 Å². The molecule has 0 aliphatic heterocycles. The third-order valence-electron chi connectivity index (χ3n) is 3.70. The minimum atomic E-state index is -0.622. The fraction of sp³-hybridized carbons (Fsp3) is 0.474. The second-order valence-electron chi connectivity index (χ2n) is 7.02. The molecule has 0 atom stereocenters. The number of H-pyrrole nitrogens is 1. The molecule has 0 bridgehead atoms. The summed E-state index contributed by atoms with van der Waals surface area (Å²) in [5, 5.41) is 1.07. The zero-order chi connectivity index (χ0) is 18.6. The Hall–Kier alpha value is -2.01. The van der Waals surface area contributed by atoms with E-state index < -0.39 is 5.97 Å². The Kier molecular flexibility index (Phi) is 6.48. The lowest BCUT2D eigenvalue weighted by atomic mass is 10.1. The number of para-hydroxylation sites is 1. The first-order valence-electron chi connectivity index (χ1n) is 8.50. The molecule has 2 rings (SSSR count). The first-order chi connectivity index (χ1) is 11.8. The summed E-state index contributed by atoms with van der Waals surface area (Å²) in [5.74, 6) is -0.116. The number of aromatic amines is 1. The van der Waals surface area contributed by atoms with Gasteiger partial charge in [0, 0.05) is 24.0 Å². The van der Waals surface area contributed by atoms with Crippen LogP contribution in [0.3, 0.4) is 0 Å². The summed E-state index contributed by atoms with van der Waals surface area (Å²) in [7, 11) is 0. The number of ether oxygens (including phenoxy) is 1. The Labute approximate surface area is 153 Å². The van der Waals surface area contributed by atoms with Gasteiger partial charge in [0.25, 0.3) is 5.91 Å². The Bertz CT molecular complexity index is 742. The molecule has 0 aliphatic carbocycles. The maximum absolute atomic E-state index is 12.4. The summed E-state index contributed by atoms with van der Waals surface area (Å²) in [6.45, 7) is 9.20. The predicted molar refractivity (Wildman–Crippen MR) is 99.8 cm³/mol. The van der Waals surface area contributed by atoms with Crippen molar-refractivity contribution >= 4 is 34.4 Å². The van der Waals surface area contributed by atoms with Crippen molar-refractivity contribution in [1.29, 1.82) is 0 Å². The van der Waals surface area contributed by atoms with Gasteiger partial charge in [-0.3, -0.25) is 4.79 Å². The highest BCUT2D eigenvalue weighted by molar-refractivity contribution is 6.38. The maximum atomic E-state index is 12.4. The highest BCUT2D eigenvalue weighted by Crippen LogP contribution is 2.27. The number of fused-ring (bicyclic) bond motifs is 1. The van der Waals surface area contributed by atoms with Gasteiger partial charge in [0.15, 0.2) is 6.61 Å². The van der Waals surface area contributed by atoms with Crippen LogP contribution in [0.2, 0.25) is 5.02 Å². The van der Waals surface area contributed by atoms with Crippen LogP contribution in [0, 0.1) is 11.8 Å². The second kappa shape index (κ2) is 8.39. The number of carbonyl (C=O) groups excluding carboxylic acids is 2. The van der Waals surface area contributed by atoms with Crippen LogP contribution in [0.25, 0.3) is 10.9 Å². The molecule has 25 heavy (non-hydrogen) atoms. The van der Waals surface area contributed by atoms with Crippen LogP contribution in [0.5, 0.6) is 0 Å². The number of aromatic nitrogens is 1. The quantitative estimate of drug-likeness (QED) is 0.752. The van der Waals surface area contributed by atoms with E-state index in [9.17, 15) is 9.59 Å². The summed E-state index contributed by atoms with van der Waals surface area (Å²) < 4.78 is 5.20. The lowest BCUT2D eigenvalue weighted by Crippen LogP contribution is -2.39. The van der Waals surface area contributed by atoms with Gasteiger partial charge in [-0.2, -0.15) is 0 Å². The van der Waals surface area contributed by atoms with Crippen LogP contribution in [0.15, 0.2) is 24.3 Å². The molecule has 1 aromatic carbocycles. The summed E-state index contributed by atoms with van der Waals surface area (Å²) >= 11 is 6.24. The maximum Gasteiger partial charge on any atom is 0.356 e. The van der Waals surface area contributed by atoms with Gasteiger partial charge in [-0.15, -0.1) is 0 Å². The molecule has 0 spiro atoms. The number of nitrogens with zero attached hydrogens (tertiary/aromatic N) is 1. The third kappa shape index (κ3) is 4.98. The van der Waals surface area contributed by atoms with Gasteiger partial charge in [0.05, 0.1) is 5.02 Å². The number of halogens is 1.